The zero-order valence-electron chi connectivity index (χ0n) is 12.5. The zero-order valence-corrected chi connectivity index (χ0v) is 13.3. The van der Waals surface area contributed by atoms with Crippen LogP contribution >= 0.6 is 0 Å². The molecule has 8 heteroatoms. The molecule has 21 heavy (non-hydrogen) atoms. The van der Waals surface area contributed by atoms with Crippen molar-refractivity contribution in [2.24, 2.45) is 0 Å². The van der Waals surface area contributed by atoms with Crippen molar-refractivity contribution in [3.63, 3.8) is 0 Å². The number of nitro groups is 1. The summed E-state index contributed by atoms with van der Waals surface area (Å²) in [6.45, 7) is 6.27. The van der Waals surface area contributed by atoms with Gasteiger partial charge in [0.2, 0.25) is 10.0 Å². The quantitative estimate of drug-likeness (QED) is 0.635. The van der Waals surface area contributed by atoms with Gasteiger partial charge in [0.15, 0.2) is 0 Å². The summed E-state index contributed by atoms with van der Waals surface area (Å²) in [6, 6.07) is 3.80. The number of rotatable bonds is 6. The van der Waals surface area contributed by atoms with Crippen LogP contribution in [0.3, 0.4) is 0 Å². The molecule has 0 spiro atoms. The Hall–Kier alpha value is -1.51. The number of sulfonamides is 1. The van der Waals surface area contributed by atoms with Crippen LogP contribution in [0.25, 0.3) is 0 Å². The van der Waals surface area contributed by atoms with Crippen molar-refractivity contribution < 1.29 is 18.4 Å². The number of nitrogens with zero attached hydrogens (tertiary/aromatic N) is 2. The Morgan fingerprint density at radius 1 is 1.38 bits per heavy atom. The highest BCUT2D eigenvalue weighted by atomic mass is 32.2. The largest absolute Gasteiger partial charge is 0.389 e. The summed E-state index contributed by atoms with van der Waals surface area (Å²) < 4.78 is 26.1. The fourth-order valence-electron chi connectivity index (χ4n) is 1.89. The predicted octanol–water partition coefficient (Wildman–Crippen LogP) is 1.68. The molecular formula is C13H20N2O5S. The van der Waals surface area contributed by atoms with E-state index >= 15 is 0 Å². The number of aryl methyl sites for hydroxylation is 1. The Bertz CT molecular complexity index is 634. The van der Waals surface area contributed by atoms with Gasteiger partial charge in [0.05, 0.1) is 15.4 Å². The zero-order chi connectivity index (χ0) is 16.4. The monoisotopic (exact) mass is 316 g/mol. The average molecular weight is 316 g/mol. The number of hydrogen-bond acceptors (Lipinski definition) is 5. The van der Waals surface area contributed by atoms with E-state index in [1.54, 1.807) is 13.8 Å². The first-order chi connectivity index (χ1) is 9.49. The standard InChI is InChI=1S/C13H20N2O5S/c1-5-14(9-13(3,4)16)21(19,20)11-7-6-10(2)12(8-11)15(17)18/h6-8,16H,5,9H2,1-4H3. The molecule has 0 unspecified atom stereocenters. The molecule has 0 fully saturated rings. The van der Waals surface area contributed by atoms with E-state index in [2.05, 4.69) is 0 Å². The lowest BCUT2D eigenvalue weighted by Gasteiger charge is -2.27. The number of hydrogen-bond donors (Lipinski definition) is 1. The van der Waals surface area contributed by atoms with Gasteiger partial charge in [0.25, 0.3) is 5.69 Å². The normalized spacial score (nSPS) is 12.7. The van der Waals surface area contributed by atoms with Crippen molar-refractivity contribution in [2.75, 3.05) is 13.1 Å². The molecule has 0 atom stereocenters. The van der Waals surface area contributed by atoms with Crippen LogP contribution in [-0.2, 0) is 10.0 Å². The smallest absolute Gasteiger partial charge is 0.273 e. The SMILES string of the molecule is CCN(CC(C)(C)O)S(=O)(=O)c1ccc(C)c([N+](=O)[O-])c1. The Kier molecular flexibility index (Phi) is 5.08. The topological polar surface area (TPSA) is 101 Å². The van der Waals surface area contributed by atoms with Gasteiger partial charge < -0.3 is 5.11 Å². The maximum absolute atomic E-state index is 12.5. The van der Waals surface area contributed by atoms with Crippen molar-refractivity contribution in [3.8, 4) is 0 Å². The molecule has 0 amide bonds. The van der Waals surface area contributed by atoms with Crippen LogP contribution in [0.2, 0.25) is 0 Å². The second kappa shape index (κ2) is 6.08. The lowest BCUT2D eigenvalue weighted by atomic mass is 10.1. The van der Waals surface area contributed by atoms with Crippen molar-refractivity contribution in [2.45, 2.75) is 38.2 Å². The molecule has 7 nitrogen and oxygen atoms in total. The molecular weight excluding hydrogens is 296 g/mol. The first-order valence-corrected chi connectivity index (χ1v) is 7.90. The molecule has 0 bridgehead atoms. The molecule has 0 aliphatic rings. The lowest BCUT2D eigenvalue weighted by molar-refractivity contribution is -0.385. The molecule has 0 radical (unpaired) electrons. The van der Waals surface area contributed by atoms with E-state index in [1.807, 2.05) is 0 Å². The number of aliphatic hydroxyl groups is 1. The summed E-state index contributed by atoms with van der Waals surface area (Å²) in [5, 5.41) is 20.7. The molecule has 0 aliphatic heterocycles. The van der Waals surface area contributed by atoms with E-state index < -0.39 is 20.5 Å². The van der Waals surface area contributed by atoms with Crippen molar-refractivity contribution >= 4 is 15.7 Å². The van der Waals surface area contributed by atoms with E-state index in [0.717, 1.165) is 10.4 Å². The van der Waals surface area contributed by atoms with Crippen LogP contribution < -0.4 is 0 Å². The van der Waals surface area contributed by atoms with Crippen LogP contribution in [0.15, 0.2) is 23.1 Å². The van der Waals surface area contributed by atoms with Crippen molar-refractivity contribution in [1.82, 2.24) is 4.31 Å². The highest BCUT2D eigenvalue weighted by Crippen LogP contribution is 2.25. The van der Waals surface area contributed by atoms with Gasteiger partial charge in [-0.05, 0) is 26.8 Å². The fraction of sp³-hybridized carbons (Fsp3) is 0.538. The van der Waals surface area contributed by atoms with Crippen molar-refractivity contribution in [3.05, 3.63) is 33.9 Å². The van der Waals surface area contributed by atoms with E-state index in [-0.39, 0.29) is 23.7 Å². The second-order valence-electron chi connectivity index (χ2n) is 5.45. The molecule has 0 aliphatic carbocycles. The summed E-state index contributed by atoms with van der Waals surface area (Å²) in [5.41, 5.74) is -1.04. The summed E-state index contributed by atoms with van der Waals surface area (Å²) >= 11 is 0. The third kappa shape index (κ3) is 4.23. The van der Waals surface area contributed by atoms with Crippen LogP contribution in [0.4, 0.5) is 5.69 Å². The molecule has 1 aromatic rings. The molecule has 1 N–H and O–H groups in total. The molecule has 0 heterocycles. The van der Waals surface area contributed by atoms with Gasteiger partial charge in [-0.25, -0.2) is 8.42 Å². The molecule has 118 valence electrons. The van der Waals surface area contributed by atoms with Gasteiger partial charge in [0.1, 0.15) is 0 Å². The van der Waals surface area contributed by atoms with Gasteiger partial charge in [-0.15, -0.1) is 0 Å². The summed E-state index contributed by atoms with van der Waals surface area (Å²) in [7, 11) is -3.89. The Morgan fingerprint density at radius 3 is 2.38 bits per heavy atom. The van der Waals surface area contributed by atoms with Gasteiger partial charge in [-0.2, -0.15) is 4.31 Å². The molecule has 0 aromatic heterocycles. The van der Waals surface area contributed by atoms with E-state index in [4.69, 9.17) is 0 Å². The Balaban J connectivity index is 3.29. The minimum Gasteiger partial charge on any atom is -0.389 e. The van der Waals surface area contributed by atoms with Crippen LogP contribution in [-0.4, -0.2) is 41.4 Å². The number of nitro benzene ring substituents is 1. The highest BCUT2D eigenvalue weighted by Gasteiger charge is 2.29. The van der Waals surface area contributed by atoms with Gasteiger partial charge in [-0.3, -0.25) is 10.1 Å². The van der Waals surface area contributed by atoms with E-state index in [1.165, 1.54) is 26.0 Å². The second-order valence-corrected chi connectivity index (χ2v) is 7.39. The molecule has 0 saturated carbocycles. The molecule has 1 rings (SSSR count). The Labute approximate surface area is 124 Å². The first-order valence-electron chi connectivity index (χ1n) is 6.46. The summed E-state index contributed by atoms with van der Waals surface area (Å²) in [5.74, 6) is 0. The predicted molar refractivity (Wildman–Crippen MR) is 78.6 cm³/mol. The third-order valence-electron chi connectivity index (χ3n) is 2.93. The first kappa shape index (κ1) is 17.5. The maximum atomic E-state index is 12.5. The van der Waals surface area contributed by atoms with Crippen LogP contribution in [0.5, 0.6) is 0 Å². The van der Waals surface area contributed by atoms with Crippen molar-refractivity contribution in [1.29, 1.82) is 0 Å². The fourth-order valence-corrected chi connectivity index (χ4v) is 3.52. The Morgan fingerprint density at radius 2 is 1.95 bits per heavy atom. The summed E-state index contributed by atoms with van der Waals surface area (Å²) in [4.78, 5) is 10.2. The number of likely N-dealkylation sites (N-methyl/N-ethyl adjacent to an activating group) is 1. The molecule has 1 aromatic carbocycles. The van der Waals surface area contributed by atoms with Gasteiger partial charge >= 0.3 is 0 Å². The van der Waals surface area contributed by atoms with Crippen LogP contribution in [0, 0.1) is 17.0 Å². The van der Waals surface area contributed by atoms with Gasteiger partial charge in [0, 0.05) is 24.7 Å². The average Bonchev–Trinajstić information content (AvgIpc) is 2.34. The third-order valence-corrected chi connectivity index (χ3v) is 4.85. The van der Waals surface area contributed by atoms with Crippen LogP contribution in [0.1, 0.15) is 26.3 Å². The minimum atomic E-state index is -3.89. The minimum absolute atomic E-state index is 0.0898. The number of benzene rings is 1. The highest BCUT2D eigenvalue weighted by molar-refractivity contribution is 7.89. The maximum Gasteiger partial charge on any atom is 0.273 e. The van der Waals surface area contributed by atoms with E-state index in [9.17, 15) is 23.6 Å². The van der Waals surface area contributed by atoms with E-state index in [0.29, 0.717) is 5.56 Å². The lowest BCUT2D eigenvalue weighted by Crippen LogP contribution is -2.42. The molecule has 0 saturated heterocycles. The van der Waals surface area contributed by atoms with Gasteiger partial charge in [-0.1, -0.05) is 13.0 Å². The summed E-state index contributed by atoms with van der Waals surface area (Å²) in [6.07, 6.45) is 0.